The van der Waals surface area contributed by atoms with Gasteiger partial charge in [0.15, 0.2) is 0 Å². The summed E-state index contributed by atoms with van der Waals surface area (Å²) in [4.78, 5) is 0. The molecule has 5 aliphatic rings. The van der Waals surface area contributed by atoms with Gasteiger partial charge >= 0.3 is 0 Å². The largest absolute Gasteiger partial charge is 0.316 e. The Hall–Kier alpha value is -1.12. The number of hydrogen-bond donors (Lipinski definition) is 0. The van der Waals surface area contributed by atoms with Gasteiger partial charge in [-0.2, -0.15) is 0 Å². The maximum atomic E-state index is 3.31. The van der Waals surface area contributed by atoms with Gasteiger partial charge in [-0.25, -0.2) is 0 Å². The van der Waals surface area contributed by atoms with Crippen LogP contribution in [0.5, 0.6) is 0 Å². The van der Waals surface area contributed by atoms with Gasteiger partial charge in [0.05, 0.1) is 0 Å². The molecule has 4 unspecified atom stereocenters. The van der Waals surface area contributed by atoms with E-state index in [0.29, 0.717) is 0 Å². The minimum Gasteiger partial charge on any atom is -0.316 e. The molecule has 1 nitrogen and oxygen atoms in total. The molecule has 0 bridgehead atoms. The first-order valence-corrected chi connectivity index (χ1v) is 17.9. The van der Waals surface area contributed by atoms with E-state index in [1.807, 2.05) is 0 Å². The summed E-state index contributed by atoms with van der Waals surface area (Å²) in [6, 6.07) is 13.2. The van der Waals surface area contributed by atoms with Crippen molar-refractivity contribution in [2.24, 2.45) is 17.8 Å². The van der Waals surface area contributed by atoms with Crippen LogP contribution >= 0.6 is 0 Å². The van der Waals surface area contributed by atoms with E-state index in [-0.39, 0.29) is 11.0 Å². The van der Waals surface area contributed by atoms with Crippen molar-refractivity contribution in [3.05, 3.63) is 53.1 Å². The second-order valence-corrected chi connectivity index (χ2v) is 19.2. The highest BCUT2D eigenvalue weighted by molar-refractivity contribution is 6.79. The van der Waals surface area contributed by atoms with Crippen molar-refractivity contribution in [2.45, 2.75) is 134 Å². The molecule has 0 amide bonds. The molecule has 2 heteroatoms. The summed E-state index contributed by atoms with van der Waals surface area (Å²) in [5, 5.41) is 0. The molecule has 1 aliphatic heterocycles. The lowest BCUT2D eigenvalue weighted by atomic mass is 9.76. The standard InChI is InChI=1S/C34H51NSi/c1-24-21-25-22-29-27-17-11-12-18-30(27)34(5,6)31(29)23-28(25)32(24)36(19-13-8-14-20-36)35(33(2,3)4)26-15-9-7-10-16-26/h11-12,17-18,22-26,28,32H,7-10,13-16,19-21H2,1-6H3. The lowest BCUT2D eigenvalue weighted by molar-refractivity contribution is 0.133. The third-order valence-corrected chi connectivity index (χ3v) is 17.9. The monoisotopic (exact) mass is 501 g/mol. The fourth-order valence-corrected chi connectivity index (χ4v) is 18.3. The number of fused-ring (bicyclic) bond motifs is 4. The third kappa shape index (κ3) is 3.79. The fourth-order valence-electron chi connectivity index (χ4n) is 10.3. The van der Waals surface area contributed by atoms with Crippen LogP contribution in [0.3, 0.4) is 0 Å². The van der Waals surface area contributed by atoms with Crippen molar-refractivity contribution in [1.29, 1.82) is 0 Å². The maximum Gasteiger partial charge on any atom is 0.133 e. The van der Waals surface area contributed by atoms with Crippen molar-refractivity contribution < 1.29 is 0 Å². The molecule has 2 saturated carbocycles. The van der Waals surface area contributed by atoms with Crippen LogP contribution < -0.4 is 0 Å². The van der Waals surface area contributed by atoms with Gasteiger partial charge in [-0.15, -0.1) is 0 Å². The maximum absolute atomic E-state index is 3.31. The van der Waals surface area contributed by atoms with E-state index < -0.39 is 8.24 Å². The number of rotatable bonds is 3. The van der Waals surface area contributed by atoms with Crippen LogP contribution in [0, 0.1) is 17.8 Å². The molecular formula is C34H51NSi. The minimum absolute atomic E-state index is 0.137. The predicted molar refractivity (Wildman–Crippen MR) is 158 cm³/mol. The zero-order valence-electron chi connectivity index (χ0n) is 24.1. The topological polar surface area (TPSA) is 3.24 Å². The van der Waals surface area contributed by atoms with Crippen LogP contribution in [-0.4, -0.2) is 24.4 Å². The van der Waals surface area contributed by atoms with E-state index in [1.165, 1.54) is 63.4 Å². The van der Waals surface area contributed by atoms with Crippen LogP contribution in [0.4, 0.5) is 0 Å². The van der Waals surface area contributed by atoms with Gasteiger partial charge < -0.3 is 4.57 Å². The third-order valence-electron chi connectivity index (χ3n) is 11.2. The first-order chi connectivity index (χ1) is 17.1. The molecule has 36 heavy (non-hydrogen) atoms. The highest BCUT2D eigenvalue weighted by Crippen LogP contribution is 2.63. The van der Waals surface area contributed by atoms with Gasteiger partial charge in [0.25, 0.3) is 0 Å². The van der Waals surface area contributed by atoms with Crippen LogP contribution in [0.2, 0.25) is 17.6 Å². The number of benzene rings is 1. The zero-order chi connectivity index (χ0) is 25.3. The second kappa shape index (κ2) is 8.97. The second-order valence-electron chi connectivity index (χ2n) is 14.8. The van der Waals surface area contributed by atoms with Crippen molar-refractivity contribution in [3.63, 3.8) is 0 Å². The van der Waals surface area contributed by atoms with Crippen LogP contribution in [0.25, 0.3) is 5.57 Å². The summed E-state index contributed by atoms with van der Waals surface area (Å²) in [6.07, 6.45) is 18.8. The van der Waals surface area contributed by atoms with Crippen molar-refractivity contribution in [2.75, 3.05) is 0 Å². The van der Waals surface area contributed by atoms with Crippen LogP contribution in [0.1, 0.15) is 110 Å². The van der Waals surface area contributed by atoms with Gasteiger partial charge in [0, 0.05) is 17.0 Å². The highest BCUT2D eigenvalue weighted by atomic mass is 28.3. The summed E-state index contributed by atoms with van der Waals surface area (Å²) >= 11 is 0. The van der Waals surface area contributed by atoms with Gasteiger partial charge in [-0.05, 0) is 97.7 Å². The Morgan fingerprint density at radius 2 is 1.56 bits per heavy atom. The summed E-state index contributed by atoms with van der Waals surface area (Å²) in [7, 11) is -1.68. The molecule has 1 saturated heterocycles. The fraction of sp³-hybridized carbons (Fsp3) is 0.706. The van der Waals surface area contributed by atoms with E-state index in [0.717, 1.165) is 29.3 Å². The lowest BCUT2D eigenvalue weighted by Gasteiger charge is -2.60. The Bertz CT molecular complexity index is 1040. The van der Waals surface area contributed by atoms with E-state index >= 15 is 0 Å². The number of hydrogen-bond acceptors (Lipinski definition) is 1. The summed E-state index contributed by atoms with van der Waals surface area (Å²) < 4.78 is 3.31. The lowest BCUT2D eigenvalue weighted by Crippen LogP contribution is -2.68. The SMILES string of the molecule is CC1CC2C=C3C(=CC2C1[Si]1(N(C2CCCCC2)C(C)(C)C)CCCCC1)C(C)(C)c1ccccc13. The molecular weight excluding hydrogens is 450 g/mol. The van der Waals surface area contributed by atoms with Crippen molar-refractivity contribution in [3.8, 4) is 0 Å². The zero-order valence-corrected chi connectivity index (χ0v) is 25.1. The number of allylic oxidation sites excluding steroid dienone is 4. The quantitative estimate of drug-likeness (QED) is 0.373. The van der Waals surface area contributed by atoms with E-state index in [2.05, 4.69) is 82.5 Å². The van der Waals surface area contributed by atoms with Crippen LogP contribution in [0.15, 0.2) is 42.0 Å². The molecule has 4 atom stereocenters. The first-order valence-electron chi connectivity index (χ1n) is 15.5. The summed E-state index contributed by atoms with van der Waals surface area (Å²) in [5.41, 5.74) is 7.65. The van der Waals surface area contributed by atoms with Gasteiger partial charge in [-0.3, -0.25) is 0 Å². The average Bonchev–Trinajstić information content (AvgIpc) is 3.29. The van der Waals surface area contributed by atoms with Crippen molar-refractivity contribution in [1.82, 2.24) is 4.57 Å². The Morgan fingerprint density at radius 3 is 2.25 bits per heavy atom. The summed E-state index contributed by atoms with van der Waals surface area (Å²) in [6.45, 7) is 15.4. The smallest absolute Gasteiger partial charge is 0.133 e. The Kier molecular flexibility index (Phi) is 6.27. The highest BCUT2D eigenvalue weighted by Gasteiger charge is 2.59. The minimum atomic E-state index is -1.68. The van der Waals surface area contributed by atoms with E-state index in [9.17, 15) is 0 Å². The van der Waals surface area contributed by atoms with Gasteiger partial charge in [0.2, 0.25) is 0 Å². The van der Waals surface area contributed by atoms with Gasteiger partial charge in [0.1, 0.15) is 8.24 Å². The summed E-state index contributed by atoms with van der Waals surface area (Å²) in [5.74, 6) is 2.35. The molecule has 0 N–H and O–H groups in total. The van der Waals surface area contributed by atoms with Crippen LogP contribution in [-0.2, 0) is 5.41 Å². The molecule has 196 valence electrons. The molecule has 0 radical (unpaired) electrons. The first kappa shape index (κ1) is 25.2. The Morgan fingerprint density at radius 1 is 0.889 bits per heavy atom. The normalized spacial score (nSPS) is 33.5. The molecule has 3 fully saturated rings. The number of nitrogens with zero attached hydrogens (tertiary/aromatic N) is 1. The molecule has 6 rings (SSSR count). The predicted octanol–water partition coefficient (Wildman–Crippen LogP) is 9.51. The van der Waals surface area contributed by atoms with E-state index in [1.54, 1.807) is 28.8 Å². The molecule has 4 aliphatic carbocycles. The average molecular weight is 502 g/mol. The molecule has 0 aromatic heterocycles. The Labute approximate surface area is 222 Å². The molecule has 1 aromatic rings. The van der Waals surface area contributed by atoms with E-state index in [4.69, 9.17) is 0 Å². The molecule has 1 aromatic carbocycles. The van der Waals surface area contributed by atoms with Crippen molar-refractivity contribution >= 4 is 13.8 Å². The Balaban J connectivity index is 1.46. The van der Waals surface area contributed by atoms with Gasteiger partial charge in [-0.1, -0.05) is 95.7 Å². The molecule has 0 spiro atoms. The molecule has 1 heterocycles.